The van der Waals surface area contributed by atoms with Crippen LogP contribution >= 0.6 is 0 Å². The summed E-state index contributed by atoms with van der Waals surface area (Å²) >= 11 is 0. The molecule has 1 aliphatic carbocycles. The third-order valence-electron chi connectivity index (χ3n) is 3.41. The smallest absolute Gasteiger partial charge is 0.253 e. The lowest BCUT2D eigenvalue weighted by molar-refractivity contribution is 0.0463. The molecule has 1 unspecified atom stereocenters. The first-order chi connectivity index (χ1) is 8.27. The summed E-state index contributed by atoms with van der Waals surface area (Å²) in [5.41, 5.74) is 0.599. The summed E-state index contributed by atoms with van der Waals surface area (Å²) in [4.78, 5) is 11.8. The maximum absolute atomic E-state index is 11.8. The number of aliphatic hydroxyl groups excluding tert-OH is 1. The minimum atomic E-state index is -0.706. The summed E-state index contributed by atoms with van der Waals surface area (Å²) in [5, 5.41) is 12.7. The lowest BCUT2D eigenvalue weighted by atomic mass is 9.88. The van der Waals surface area contributed by atoms with E-state index in [1.165, 1.54) is 6.42 Å². The number of benzene rings is 1. The van der Waals surface area contributed by atoms with Gasteiger partial charge in [0.15, 0.2) is 0 Å². The van der Waals surface area contributed by atoms with Crippen LogP contribution in [-0.4, -0.2) is 17.2 Å². The Bertz CT molecular complexity index is 358. The van der Waals surface area contributed by atoms with Crippen LogP contribution in [0.2, 0.25) is 0 Å². The zero-order chi connectivity index (χ0) is 12.1. The SMILES string of the molecule is O=C(NC(O)C1CCCCC1)c1ccccc1. The fourth-order valence-electron chi connectivity index (χ4n) is 2.37. The number of amides is 1. The molecule has 0 aromatic heterocycles. The highest BCUT2D eigenvalue weighted by Crippen LogP contribution is 2.25. The first kappa shape index (κ1) is 12.1. The number of carbonyl (C=O) groups is 1. The van der Waals surface area contributed by atoms with Gasteiger partial charge in [0, 0.05) is 11.5 Å². The average molecular weight is 233 g/mol. The van der Waals surface area contributed by atoms with E-state index in [1.807, 2.05) is 18.2 Å². The standard InChI is InChI=1S/C14H19NO2/c16-13(11-7-3-1-4-8-11)15-14(17)12-9-5-2-6-10-12/h1,3-4,7-8,12,14,17H,2,5-6,9-10H2,(H,15,16). The van der Waals surface area contributed by atoms with Crippen LogP contribution in [0, 0.1) is 5.92 Å². The average Bonchev–Trinajstić information content (AvgIpc) is 2.40. The molecule has 17 heavy (non-hydrogen) atoms. The third kappa shape index (κ3) is 3.30. The molecule has 1 aromatic carbocycles. The summed E-state index contributed by atoms with van der Waals surface area (Å²) in [6, 6.07) is 9.02. The zero-order valence-electron chi connectivity index (χ0n) is 9.93. The molecule has 0 saturated heterocycles. The summed E-state index contributed by atoms with van der Waals surface area (Å²) < 4.78 is 0. The molecule has 1 saturated carbocycles. The maximum atomic E-state index is 11.8. The molecule has 0 aliphatic heterocycles. The summed E-state index contributed by atoms with van der Waals surface area (Å²) in [7, 11) is 0. The van der Waals surface area contributed by atoms with Crippen molar-refractivity contribution >= 4 is 5.91 Å². The molecule has 2 N–H and O–H groups in total. The van der Waals surface area contributed by atoms with Crippen molar-refractivity contribution in [2.24, 2.45) is 5.92 Å². The molecule has 0 spiro atoms. The Hall–Kier alpha value is -1.35. The van der Waals surface area contributed by atoms with Gasteiger partial charge in [-0.2, -0.15) is 0 Å². The minimum Gasteiger partial charge on any atom is -0.373 e. The van der Waals surface area contributed by atoms with Gasteiger partial charge < -0.3 is 10.4 Å². The number of hydrogen-bond acceptors (Lipinski definition) is 2. The van der Waals surface area contributed by atoms with Gasteiger partial charge in [0.25, 0.3) is 5.91 Å². The van der Waals surface area contributed by atoms with Crippen LogP contribution in [0.5, 0.6) is 0 Å². The molecular weight excluding hydrogens is 214 g/mol. The van der Waals surface area contributed by atoms with Crippen molar-refractivity contribution in [1.29, 1.82) is 0 Å². The molecule has 0 bridgehead atoms. The van der Waals surface area contributed by atoms with Gasteiger partial charge in [-0.15, -0.1) is 0 Å². The first-order valence-corrected chi connectivity index (χ1v) is 6.31. The first-order valence-electron chi connectivity index (χ1n) is 6.31. The highest BCUT2D eigenvalue weighted by molar-refractivity contribution is 5.94. The van der Waals surface area contributed by atoms with Crippen molar-refractivity contribution in [1.82, 2.24) is 5.32 Å². The van der Waals surface area contributed by atoms with E-state index in [2.05, 4.69) is 5.32 Å². The van der Waals surface area contributed by atoms with E-state index in [1.54, 1.807) is 12.1 Å². The minimum absolute atomic E-state index is 0.191. The predicted molar refractivity (Wildman–Crippen MR) is 66.5 cm³/mol. The van der Waals surface area contributed by atoms with Crippen LogP contribution in [0.1, 0.15) is 42.5 Å². The van der Waals surface area contributed by atoms with Crippen LogP contribution in [0.3, 0.4) is 0 Å². The molecule has 3 heteroatoms. The number of rotatable bonds is 3. The van der Waals surface area contributed by atoms with Crippen molar-refractivity contribution in [2.45, 2.75) is 38.3 Å². The Morgan fingerprint density at radius 1 is 1.18 bits per heavy atom. The van der Waals surface area contributed by atoms with Gasteiger partial charge in [-0.3, -0.25) is 4.79 Å². The third-order valence-corrected chi connectivity index (χ3v) is 3.41. The van der Waals surface area contributed by atoms with E-state index in [4.69, 9.17) is 0 Å². The normalized spacial score (nSPS) is 18.6. The highest BCUT2D eigenvalue weighted by atomic mass is 16.3. The summed E-state index contributed by atoms with van der Waals surface area (Å²) in [6.45, 7) is 0. The van der Waals surface area contributed by atoms with Gasteiger partial charge in [-0.05, 0) is 25.0 Å². The number of hydrogen-bond donors (Lipinski definition) is 2. The number of aliphatic hydroxyl groups is 1. The van der Waals surface area contributed by atoms with E-state index in [0.717, 1.165) is 25.7 Å². The van der Waals surface area contributed by atoms with E-state index in [9.17, 15) is 9.90 Å². The van der Waals surface area contributed by atoms with Crippen LogP contribution in [0.15, 0.2) is 30.3 Å². The topological polar surface area (TPSA) is 49.3 Å². The predicted octanol–water partition coefficient (Wildman–Crippen LogP) is 2.32. The lowest BCUT2D eigenvalue weighted by Gasteiger charge is -2.27. The molecule has 3 nitrogen and oxygen atoms in total. The Labute approximate surface area is 102 Å². The molecule has 1 amide bonds. The quantitative estimate of drug-likeness (QED) is 0.787. The molecule has 1 fully saturated rings. The molecule has 1 aliphatic rings. The number of carbonyl (C=O) groups excluding carboxylic acids is 1. The van der Waals surface area contributed by atoms with Crippen molar-refractivity contribution in [2.75, 3.05) is 0 Å². The van der Waals surface area contributed by atoms with Crippen molar-refractivity contribution in [3.8, 4) is 0 Å². The summed E-state index contributed by atoms with van der Waals surface area (Å²) in [5.74, 6) is 0.0279. The zero-order valence-corrected chi connectivity index (χ0v) is 9.93. The van der Waals surface area contributed by atoms with Gasteiger partial charge in [-0.25, -0.2) is 0 Å². The van der Waals surface area contributed by atoms with Crippen molar-refractivity contribution in [3.05, 3.63) is 35.9 Å². The molecule has 0 heterocycles. The fraction of sp³-hybridized carbons (Fsp3) is 0.500. The van der Waals surface area contributed by atoms with Gasteiger partial charge in [0.2, 0.25) is 0 Å². The molecule has 1 atom stereocenters. The van der Waals surface area contributed by atoms with Crippen LogP contribution < -0.4 is 5.32 Å². The second kappa shape index (κ2) is 5.82. The molecular formula is C14H19NO2. The van der Waals surface area contributed by atoms with Crippen LogP contribution in [-0.2, 0) is 0 Å². The van der Waals surface area contributed by atoms with Crippen LogP contribution in [0.25, 0.3) is 0 Å². The van der Waals surface area contributed by atoms with Gasteiger partial charge >= 0.3 is 0 Å². The van der Waals surface area contributed by atoms with Gasteiger partial charge in [0.1, 0.15) is 6.23 Å². The number of nitrogens with one attached hydrogen (secondary N) is 1. The Morgan fingerprint density at radius 3 is 2.47 bits per heavy atom. The van der Waals surface area contributed by atoms with Gasteiger partial charge in [0.05, 0.1) is 0 Å². The van der Waals surface area contributed by atoms with Crippen LogP contribution in [0.4, 0.5) is 0 Å². The Balaban J connectivity index is 1.89. The van der Waals surface area contributed by atoms with Crippen molar-refractivity contribution < 1.29 is 9.90 Å². The largest absolute Gasteiger partial charge is 0.373 e. The molecule has 1 aromatic rings. The monoisotopic (exact) mass is 233 g/mol. The second-order valence-corrected chi connectivity index (χ2v) is 4.68. The van der Waals surface area contributed by atoms with E-state index >= 15 is 0 Å². The Morgan fingerprint density at radius 2 is 1.82 bits per heavy atom. The molecule has 2 rings (SSSR count). The molecule has 92 valence electrons. The molecule has 0 radical (unpaired) electrons. The summed E-state index contributed by atoms with van der Waals surface area (Å²) in [6.07, 6.45) is 4.87. The fourth-order valence-corrected chi connectivity index (χ4v) is 2.37. The van der Waals surface area contributed by atoms with E-state index in [-0.39, 0.29) is 11.8 Å². The second-order valence-electron chi connectivity index (χ2n) is 4.68. The van der Waals surface area contributed by atoms with Gasteiger partial charge in [-0.1, -0.05) is 37.5 Å². The maximum Gasteiger partial charge on any atom is 0.253 e. The van der Waals surface area contributed by atoms with Crippen molar-refractivity contribution in [3.63, 3.8) is 0 Å². The lowest BCUT2D eigenvalue weighted by Crippen LogP contribution is -2.40. The van der Waals surface area contributed by atoms with E-state index < -0.39 is 6.23 Å². The highest BCUT2D eigenvalue weighted by Gasteiger charge is 2.23. The van der Waals surface area contributed by atoms with E-state index in [0.29, 0.717) is 5.56 Å². The Kier molecular flexibility index (Phi) is 4.15.